The molecule has 1 atom stereocenters. The van der Waals surface area contributed by atoms with Gasteiger partial charge < -0.3 is 15.2 Å². The molecule has 2 aromatic carbocycles. The lowest BCUT2D eigenvalue weighted by Crippen LogP contribution is -2.34. The molecule has 0 saturated heterocycles. The van der Waals surface area contributed by atoms with E-state index in [1.807, 2.05) is 24.3 Å². The Morgan fingerprint density at radius 2 is 1.95 bits per heavy atom. The van der Waals surface area contributed by atoms with Crippen molar-refractivity contribution in [2.75, 3.05) is 7.11 Å². The van der Waals surface area contributed by atoms with Crippen LogP contribution < -0.4 is 5.32 Å². The molecule has 4 heteroatoms. The van der Waals surface area contributed by atoms with Gasteiger partial charge in [0.2, 0.25) is 0 Å². The number of phenols is 1. The van der Waals surface area contributed by atoms with Crippen LogP contribution in [0, 0.1) is 0 Å². The van der Waals surface area contributed by atoms with Crippen LogP contribution >= 0.6 is 0 Å². The minimum atomic E-state index is -0.333. The molecule has 2 N–H and O–H groups in total. The number of phenolic OH excluding ortho intramolecular Hbond substituents is 1. The summed E-state index contributed by atoms with van der Waals surface area (Å²) < 4.78 is 4.65. The standard InChI is InChI=1S/C15H17NO3/c1-10(15(18)19-2)16-9-11-3-4-13-8-14(17)6-5-12(13)7-11/h3-8,10,16-17H,9H2,1-2H3. The van der Waals surface area contributed by atoms with E-state index in [1.54, 1.807) is 19.1 Å². The van der Waals surface area contributed by atoms with E-state index in [0.29, 0.717) is 6.54 Å². The van der Waals surface area contributed by atoms with E-state index in [4.69, 9.17) is 0 Å². The fraction of sp³-hybridized carbons (Fsp3) is 0.267. The molecule has 100 valence electrons. The first kappa shape index (κ1) is 13.4. The number of rotatable bonds is 4. The maximum atomic E-state index is 11.3. The minimum Gasteiger partial charge on any atom is -0.508 e. The van der Waals surface area contributed by atoms with E-state index in [2.05, 4.69) is 10.1 Å². The first-order valence-electron chi connectivity index (χ1n) is 6.13. The number of methoxy groups -OCH3 is 1. The van der Waals surface area contributed by atoms with Gasteiger partial charge in [-0.25, -0.2) is 0 Å². The van der Waals surface area contributed by atoms with E-state index in [0.717, 1.165) is 16.3 Å². The summed E-state index contributed by atoms with van der Waals surface area (Å²) in [5.41, 5.74) is 1.08. The highest BCUT2D eigenvalue weighted by molar-refractivity contribution is 5.84. The molecule has 0 aliphatic heterocycles. The number of esters is 1. The average molecular weight is 259 g/mol. The van der Waals surface area contributed by atoms with Gasteiger partial charge in [-0.1, -0.05) is 18.2 Å². The average Bonchev–Trinajstić information content (AvgIpc) is 2.43. The summed E-state index contributed by atoms with van der Waals surface area (Å²) in [6.45, 7) is 2.36. The molecule has 0 radical (unpaired) electrons. The van der Waals surface area contributed by atoms with Gasteiger partial charge in [0.05, 0.1) is 7.11 Å². The zero-order valence-corrected chi connectivity index (χ0v) is 11.0. The number of carbonyl (C=O) groups excluding carboxylic acids is 1. The van der Waals surface area contributed by atoms with E-state index < -0.39 is 0 Å². The van der Waals surface area contributed by atoms with E-state index in [1.165, 1.54) is 7.11 Å². The Bertz CT molecular complexity index is 595. The van der Waals surface area contributed by atoms with Crippen LogP contribution in [0.4, 0.5) is 0 Å². The van der Waals surface area contributed by atoms with Crippen LogP contribution in [-0.4, -0.2) is 24.2 Å². The summed E-state index contributed by atoms with van der Waals surface area (Å²) in [5.74, 6) is -0.0107. The second-order valence-electron chi connectivity index (χ2n) is 4.49. The largest absolute Gasteiger partial charge is 0.508 e. The molecular weight excluding hydrogens is 242 g/mol. The molecule has 19 heavy (non-hydrogen) atoms. The molecular formula is C15H17NO3. The molecule has 0 saturated carbocycles. The van der Waals surface area contributed by atoms with Gasteiger partial charge in [-0.05, 0) is 41.5 Å². The third-order valence-electron chi connectivity index (χ3n) is 3.06. The van der Waals surface area contributed by atoms with Crippen LogP contribution in [0.15, 0.2) is 36.4 Å². The maximum Gasteiger partial charge on any atom is 0.322 e. The highest BCUT2D eigenvalue weighted by atomic mass is 16.5. The fourth-order valence-electron chi connectivity index (χ4n) is 1.92. The predicted molar refractivity (Wildman–Crippen MR) is 73.9 cm³/mol. The molecule has 0 heterocycles. The minimum absolute atomic E-state index is 0.262. The van der Waals surface area contributed by atoms with E-state index in [-0.39, 0.29) is 17.8 Å². The Hall–Kier alpha value is -2.07. The van der Waals surface area contributed by atoms with E-state index in [9.17, 15) is 9.90 Å². The Morgan fingerprint density at radius 3 is 2.68 bits per heavy atom. The van der Waals surface area contributed by atoms with Crippen LogP contribution in [-0.2, 0) is 16.1 Å². The summed E-state index contributed by atoms with van der Waals surface area (Å²) in [6.07, 6.45) is 0. The van der Waals surface area contributed by atoms with Crippen LogP contribution in [0.1, 0.15) is 12.5 Å². The Kier molecular flexibility index (Phi) is 4.02. The topological polar surface area (TPSA) is 58.6 Å². The maximum absolute atomic E-state index is 11.3. The first-order chi connectivity index (χ1) is 9.10. The zero-order valence-electron chi connectivity index (χ0n) is 11.0. The van der Waals surface area contributed by atoms with Crippen molar-refractivity contribution in [2.45, 2.75) is 19.5 Å². The molecule has 0 bridgehead atoms. The van der Waals surface area contributed by atoms with Crippen molar-refractivity contribution >= 4 is 16.7 Å². The molecule has 0 aliphatic rings. The zero-order chi connectivity index (χ0) is 13.8. The highest BCUT2D eigenvalue weighted by Crippen LogP contribution is 2.21. The van der Waals surface area contributed by atoms with Crippen molar-refractivity contribution in [3.05, 3.63) is 42.0 Å². The predicted octanol–water partition coefficient (Wildman–Crippen LogP) is 2.20. The number of hydrogen-bond donors (Lipinski definition) is 2. The molecule has 0 fully saturated rings. The molecule has 0 aliphatic carbocycles. The van der Waals surface area contributed by atoms with Gasteiger partial charge >= 0.3 is 5.97 Å². The summed E-state index contributed by atoms with van der Waals surface area (Å²) in [7, 11) is 1.38. The van der Waals surface area contributed by atoms with Gasteiger partial charge in [-0.2, -0.15) is 0 Å². The van der Waals surface area contributed by atoms with Crippen molar-refractivity contribution in [1.82, 2.24) is 5.32 Å². The number of ether oxygens (including phenoxy) is 1. The summed E-state index contributed by atoms with van der Waals surface area (Å²) in [6, 6.07) is 10.9. The monoisotopic (exact) mass is 259 g/mol. The van der Waals surface area contributed by atoms with Gasteiger partial charge in [-0.15, -0.1) is 0 Å². The lowest BCUT2D eigenvalue weighted by atomic mass is 10.1. The summed E-state index contributed by atoms with van der Waals surface area (Å²) in [4.78, 5) is 11.3. The normalized spacial score (nSPS) is 12.3. The molecule has 4 nitrogen and oxygen atoms in total. The van der Waals surface area contributed by atoms with Crippen LogP contribution in [0.25, 0.3) is 10.8 Å². The number of aromatic hydroxyl groups is 1. The van der Waals surface area contributed by atoms with Crippen molar-refractivity contribution in [3.63, 3.8) is 0 Å². The molecule has 0 amide bonds. The van der Waals surface area contributed by atoms with Gasteiger partial charge in [-0.3, -0.25) is 4.79 Å². The van der Waals surface area contributed by atoms with Gasteiger partial charge in [0.25, 0.3) is 0 Å². The highest BCUT2D eigenvalue weighted by Gasteiger charge is 2.11. The summed E-state index contributed by atoms with van der Waals surface area (Å²) >= 11 is 0. The quantitative estimate of drug-likeness (QED) is 0.826. The second-order valence-corrected chi connectivity index (χ2v) is 4.49. The Morgan fingerprint density at radius 1 is 1.26 bits per heavy atom. The number of fused-ring (bicyclic) bond motifs is 1. The van der Waals surface area contributed by atoms with Gasteiger partial charge in [0, 0.05) is 6.54 Å². The number of nitrogens with one attached hydrogen (secondary N) is 1. The lowest BCUT2D eigenvalue weighted by Gasteiger charge is -2.11. The fourth-order valence-corrected chi connectivity index (χ4v) is 1.92. The third kappa shape index (κ3) is 3.23. The molecule has 2 aromatic rings. The van der Waals surface area contributed by atoms with Crippen LogP contribution in [0.2, 0.25) is 0 Å². The number of carbonyl (C=O) groups is 1. The second kappa shape index (κ2) is 5.71. The van der Waals surface area contributed by atoms with Crippen LogP contribution in [0.3, 0.4) is 0 Å². The van der Waals surface area contributed by atoms with Crippen molar-refractivity contribution < 1.29 is 14.6 Å². The molecule has 0 spiro atoms. The lowest BCUT2D eigenvalue weighted by molar-refractivity contribution is -0.142. The van der Waals surface area contributed by atoms with E-state index >= 15 is 0 Å². The van der Waals surface area contributed by atoms with Gasteiger partial charge in [0.1, 0.15) is 11.8 Å². The molecule has 1 unspecified atom stereocenters. The Balaban J connectivity index is 2.09. The third-order valence-corrected chi connectivity index (χ3v) is 3.06. The van der Waals surface area contributed by atoms with Crippen LogP contribution in [0.5, 0.6) is 5.75 Å². The number of benzene rings is 2. The SMILES string of the molecule is COC(=O)C(C)NCc1ccc2cc(O)ccc2c1. The van der Waals surface area contributed by atoms with Crippen molar-refractivity contribution in [2.24, 2.45) is 0 Å². The van der Waals surface area contributed by atoms with Crippen molar-refractivity contribution in [1.29, 1.82) is 0 Å². The molecule has 0 aromatic heterocycles. The van der Waals surface area contributed by atoms with Gasteiger partial charge in [0.15, 0.2) is 0 Å². The smallest absolute Gasteiger partial charge is 0.322 e. The number of hydrogen-bond acceptors (Lipinski definition) is 4. The molecule has 2 rings (SSSR count). The Labute approximate surface area is 112 Å². The first-order valence-corrected chi connectivity index (χ1v) is 6.13. The van der Waals surface area contributed by atoms with Crippen molar-refractivity contribution in [3.8, 4) is 5.75 Å². The summed E-state index contributed by atoms with van der Waals surface area (Å²) in [5, 5.41) is 14.6.